The van der Waals surface area contributed by atoms with Crippen LogP contribution >= 0.6 is 96.4 Å². The number of hydrogen-bond acceptors (Lipinski definition) is 24. The van der Waals surface area contributed by atoms with Crippen molar-refractivity contribution in [1.82, 2.24) is 49.9 Å². The first-order chi connectivity index (χ1) is 51.0. The number of amides is 2. The molecular weight excluding hydrogens is 1570 g/mol. The molecule has 6 aromatic heterocycles. The maximum Gasteiger partial charge on any atom is 0.410 e. The number of ether oxygens (including phenoxy) is 5. The number of carbonyl (C=O) groups excluding carboxylic acids is 5. The molecule has 0 saturated heterocycles. The minimum atomic E-state index is -0.454. The number of nitrogens with one attached hydrogen (secondary N) is 1. The minimum Gasteiger partial charge on any atom is -0.470 e. The second-order valence-electron chi connectivity index (χ2n) is 32.5. The number of carbonyl (C=O) groups is 5. The van der Waals surface area contributed by atoms with Crippen molar-refractivity contribution < 1.29 is 47.7 Å². The molecule has 12 rings (SSSR count). The molecule has 2 saturated carbocycles. The first kappa shape index (κ1) is 90.6. The van der Waals surface area contributed by atoms with Crippen LogP contribution in [0.1, 0.15) is 222 Å². The number of aldehydes is 1. The summed E-state index contributed by atoms with van der Waals surface area (Å²) in [5.41, 5.74) is 3.79. The Morgan fingerprint density at radius 1 is 0.509 bits per heavy atom. The summed E-state index contributed by atoms with van der Waals surface area (Å²) in [6.45, 7) is 38.7. The standard InChI is InChI=1S/C26H39N3O2S2.C16H26N2O3S.C15H21NO2S.C12H17BrN2O2S.C11H18N2OS.ClH/c1-18(2)17-31-26-28-24-9-12-29(13-10-25(24)33-26)11-8-20-4-6-21(7-5-20)14-22(30)15-23-16-27-19(3)32-23;1-11(2)10-20-14-17-12-6-8-18(9-7-13(12)22-14)15(19)21-16(3,4)5;1-11-16-10-15(19-11)9-14(18)8-13-4-2-12(3-5-13)6-7-17;1-12(2,3)17-11(16)15-6-4-8-9(5-7-15)18-10(13)14-8;1-8(2)7-14-11-13-9-3-5-12-6-4-10(9)15-11;/h16,18,20-21H,4-15,17H2,1-3H3;11H,6-10H2,1-5H3;7,10,12-13H,2-6,8-9H2,1H3;4-7H2,1-3H3;8,12H,3-7H2,1-2H3;1H. The van der Waals surface area contributed by atoms with Gasteiger partial charge in [-0.3, -0.25) is 9.59 Å². The lowest BCUT2D eigenvalue weighted by molar-refractivity contribution is -0.120. The average Bonchev–Trinajstić information content (AvgIpc) is 1.72. The van der Waals surface area contributed by atoms with Crippen LogP contribution in [-0.4, -0.2) is 165 Å². The van der Waals surface area contributed by atoms with Gasteiger partial charge in [0.25, 0.3) is 15.6 Å². The molecule has 0 bridgehead atoms. The van der Waals surface area contributed by atoms with E-state index in [4.69, 9.17) is 28.7 Å². The van der Waals surface area contributed by atoms with Gasteiger partial charge in [0, 0.05) is 165 Å². The Hall–Kier alpha value is -4.58. The molecule has 0 unspecified atom stereocenters. The molecule has 0 aromatic carbocycles. The number of rotatable bonds is 22. The number of halogens is 2. The fourth-order valence-electron chi connectivity index (χ4n) is 13.5. The van der Waals surface area contributed by atoms with E-state index in [2.05, 4.69) is 92.6 Å². The van der Waals surface area contributed by atoms with Crippen LogP contribution < -0.4 is 19.5 Å². The Kier molecular flexibility index (Phi) is 38.0. The van der Waals surface area contributed by atoms with Crippen molar-refractivity contribution in [3.8, 4) is 15.6 Å². The van der Waals surface area contributed by atoms with Crippen LogP contribution in [0, 0.1) is 55.3 Å². The highest BCUT2D eigenvalue weighted by Crippen LogP contribution is 2.37. The summed E-state index contributed by atoms with van der Waals surface area (Å²) in [7, 11) is 0. The van der Waals surface area contributed by atoms with E-state index in [9.17, 15) is 24.0 Å². The molecule has 0 atom stereocenters. The van der Waals surface area contributed by atoms with Crippen LogP contribution in [-0.2, 0) is 88.1 Å². The molecule has 6 aromatic rings. The van der Waals surface area contributed by atoms with E-state index in [-0.39, 0.29) is 24.6 Å². The van der Waals surface area contributed by atoms with Crippen molar-refractivity contribution in [2.24, 2.45) is 41.4 Å². The van der Waals surface area contributed by atoms with Gasteiger partial charge in [0.1, 0.15) is 29.1 Å². The summed E-state index contributed by atoms with van der Waals surface area (Å²) in [4.78, 5) is 99.5. The van der Waals surface area contributed by atoms with Crippen LogP contribution in [0.4, 0.5) is 9.59 Å². The summed E-state index contributed by atoms with van der Waals surface area (Å²) in [6, 6.07) is 0. The summed E-state index contributed by atoms with van der Waals surface area (Å²) >= 11 is 13.4. The number of aryl methyl sites for hydroxylation is 2. The number of ketones is 2. The predicted molar refractivity (Wildman–Crippen MR) is 446 cm³/mol. The lowest BCUT2D eigenvalue weighted by atomic mass is 9.78. The second-order valence-corrected chi connectivity index (χ2v) is 40.7. The molecular formula is C80H122BrClN10O10S6. The SMILES string of the molecule is CC(C)(C)OC(=O)N1CCc2nc(Br)sc2CC1.CC(C)COc1nc2c(s1)CCN(C(=O)OC(C)(C)C)CC2.CC(C)COc1nc2c(s1)CCNCC2.Cc1ncc(CC(=O)CC2CCC(CC=O)CC2)s1.Cc1ncc(CC(=O)CC2CCC(CCN3CCc4nc(OCC(C)C)sc4CC3)CC2)s1.Cl. The quantitative estimate of drug-likeness (QED) is 0.0623. The fraction of sp³-hybridized carbons (Fsp3) is 0.713. The lowest BCUT2D eigenvalue weighted by Crippen LogP contribution is -2.38. The molecule has 2 fully saturated rings. The number of fused-ring (bicyclic) bond motifs is 4. The Morgan fingerprint density at radius 2 is 0.880 bits per heavy atom. The van der Waals surface area contributed by atoms with Crippen LogP contribution in [0.25, 0.3) is 0 Å². The summed E-state index contributed by atoms with van der Waals surface area (Å²) in [5, 5.41) is 7.92. The molecule has 6 aliphatic rings. The van der Waals surface area contributed by atoms with E-state index >= 15 is 0 Å². The van der Waals surface area contributed by atoms with Gasteiger partial charge >= 0.3 is 12.2 Å². The highest BCUT2D eigenvalue weighted by atomic mass is 79.9. The summed E-state index contributed by atoms with van der Waals surface area (Å²) < 4.78 is 29.0. The Morgan fingerprint density at radius 3 is 1.31 bits per heavy atom. The summed E-state index contributed by atoms with van der Waals surface area (Å²) in [6.07, 6.45) is 25.8. The van der Waals surface area contributed by atoms with Crippen molar-refractivity contribution in [2.75, 3.05) is 78.7 Å². The Bertz CT molecular complexity index is 3610. The zero-order chi connectivity index (χ0) is 77.2. The Balaban J connectivity index is 0.000000193. The van der Waals surface area contributed by atoms with E-state index in [1.807, 2.05) is 67.8 Å². The topological polar surface area (TPSA) is 231 Å². The van der Waals surface area contributed by atoms with Crippen LogP contribution in [0.5, 0.6) is 15.6 Å². The third-order valence-corrected chi connectivity index (χ3v) is 25.8. The first-order valence-electron chi connectivity index (χ1n) is 39.1. The van der Waals surface area contributed by atoms with Gasteiger partial charge in [-0.05, 0) is 177 Å². The fourth-order valence-corrected chi connectivity index (χ4v) is 19.7. The van der Waals surface area contributed by atoms with E-state index in [0.717, 1.165) is 186 Å². The minimum absolute atomic E-state index is 0. The predicted octanol–water partition coefficient (Wildman–Crippen LogP) is 18.1. The molecule has 602 valence electrons. The molecule has 1 N–H and O–H groups in total. The van der Waals surface area contributed by atoms with Gasteiger partial charge in [-0.1, -0.05) is 88.4 Å². The largest absolute Gasteiger partial charge is 0.470 e. The van der Waals surface area contributed by atoms with E-state index in [1.54, 1.807) is 77.8 Å². The highest BCUT2D eigenvalue weighted by molar-refractivity contribution is 9.11. The monoisotopic (exact) mass is 1690 g/mol. The molecule has 2 aliphatic carbocycles. The van der Waals surface area contributed by atoms with Crippen molar-refractivity contribution in [3.05, 3.63) is 78.4 Å². The van der Waals surface area contributed by atoms with Crippen molar-refractivity contribution in [3.63, 3.8) is 0 Å². The van der Waals surface area contributed by atoms with Gasteiger partial charge in [0.2, 0.25) is 0 Å². The molecule has 108 heavy (non-hydrogen) atoms. The number of hydrogen-bond donors (Lipinski definition) is 1. The zero-order valence-electron chi connectivity index (χ0n) is 66.7. The highest BCUT2D eigenvalue weighted by Gasteiger charge is 2.30. The van der Waals surface area contributed by atoms with Crippen molar-refractivity contribution >= 4 is 126 Å². The van der Waals surface area contributed by atoms with E-state index in [1.165, 1.54) is 69.5 Å². The lowest BCUT2D eigenvalue weighted by Gasteiger charge is -2.30. The number of Topliss-reactive ketones (excluding diaryl/α,β-unsaturated/α-hetero) is 2. The molecule has 10 heterocycles. The van der Waals surface area contributed by atoms with Gasteiger partial charge < -0.3 is 48.5 Å². The first-order valence-corrected chi connectivity index (χ1v) is 44.8. The van der Waals surface area contributed by atoms with Crippen LogP contribution in [0.3, 0.4) is 0 Å². The van der Waals surface area contributed by atoms with Gasteiger partial charge in [0.05, 0.1) is 52.6 Å². The van der Waals surface area contributed by atoms with Crippen LogP contribution in [0.15, 0.2) is 16.3 Å². The normalized spacial score (nSPS) is 18.8. The van der Waals surface area contributed by atoms with E-state index in [0.29, 0.717) is 106 Å². The number of nitrogens with zero attached hydrogens (tertiary/aromatic N) is 9. The average molecular weight is 1690 g/mol. The molecule has 28 heteroatoms. The molecule has 0 radical (unpaired) electrons. The van der Waals surface area contributed by atoms with E-state index < -0.39 is 11.2 Å². The molecule has 4 aliphatic heterocycles. The van der Waals surface area contributed by atoms with Crippen molar-refractivity contribution in [1.29, 1.82) is 0 Å². The van der Waals surface area contributed by atoms with Crippen molar-refractivity contribution in [2.45, 2.75) is 249 Å². The summed E-state index contributed by atoms with van der Waals surface area (Å²) in [5.74, 6) is 4.84. The molecule has 20 nitrogen and oxygen atoms in total. The van der Waals surface area contributed by atoms with Gasteiger partial charge in [-0.2, -0.15) is 0 Å². The maximum atomic E-state index is 12.5. The smallest absolute Gasteiger partial charge is 0.410 e. The third-order valence-electron chi connectivity index (χ3n) is 19.1. The third kappa shape index (κ3) is 32.9. The van der Waals surface area contributed by atoms with Gasteiger partial charge in [-0.15, -0.1) is 46.4 Å². The number of thiazole rings is 6. The number of aromatic nitrogens is 6. The maximum absolute atomic E-state index is 12.5. The second kappa shape index (κ2) is 45.3. The molecule has 2 amide bonds. The van der Waals surface area contributed by atoms with Gasteiger partial charge in [0.15, 0.2) is 3.92 Å². The zero-order valence-corrected chi connectivity index (χ0v) is 74.0. The Labute approximate surface area is 682 Å². The molecule has 0 spiro atoms. The van der Waals surface area contributed by atoms with Crippen LogP contribution in [0.2, 0.25) is 0 Å². The van der Waals surface area contributed by atoms with Gasteiger partial charge in [-0.25, -0.2) is 39.5 Å².